The Balaban J connectivity index is 1.58. The summed E-state index contributed by atoms with van der Waals surface area (Å²) in [5.41, 5.74) is 1.63. The van der Waals surface area contributed by atoms with Gasteiger partial charge in [0, 0.05) is 52.2 Å². The first-order valence-electron chi connectivity index (χ1n) is 9.15. The fourth-order valence-electron chi connectivity index (χ4n) is 4.26. The third kappa shape index (κ3) is 3.32. The number of aryl methyl sites for hydroxylation is 1. The van der Waals surface area contributed by atoms with Gasteiger partial charge in [0.25, 0.3) is 0 Å². The molecule has 1 atom stereocenters. The van der Waals surface area contributed by atoms with Crippen LogP contribution >= 0.6 is 0 Å². The number of aromatic nitrogens is 3. The third-order valence-corrected chi connectivity index (χ3v) is 5.57. The quantitative estimate of drug-likeness (QED) is 0.795. The largest absolute Gasteiger partial charge is 0.325 e. The lowest BCUT2D eigenvalue weighted by molar-refractivity contribution is -0.142. The third-order valence-electron chi connectivity index (χ3n) is 5.57. The van der Waals surface area contributed by atoms with Gasteiger partial charge in [-0.05, 0) is 24.1 Å². The molecule has 142 valence electrons. The van der Waals surface area contributed by atoms with Crippen LogP contribution in [0, 0.1) is 0 Å². The molecule has 2 aliphatic rings. The van der Waals surface area contributed by atoms with Gasteiger partial charge in [0.1, 0.15) is 6.54 Å². The van der Waals surface area contributed by atoms with E-state index < -0.39 is 0 Å². The van der Waals surface area contributed by atoms with Crippen molar-refractivity contribution in [2.45, 2.75) is 25.4 Å². The summed E-state index contributed by atoms with van der Waals surface area (Å²) in [5, 5.41) is 4.19. The molecule has 8 nitrogen and oxygen atoms in total. The number of pyridine rings is 1. The first-order valence-corrected chi connectivity index (χ1v) is 9.15. The number of carbonyl (C=O) groups excluding carboxylic acids is 2. The maximum absolute atomic E-state index is 12.7. The van der Waals surface area contributed by atoms with Gasteiger partial charge in [-0.3, -0.25) is 24.2 Å². The Morgan fingerprint density at radius 3 is 2.70 bits per heavy atom. The number of likely N-dealkylation sites (tertiary alicyclic amines) is 1. The summed E-state index contributed by atoms with van der Waals surface area (Å²) >= 11 is 0. The molecule has 2 aromatic rings. The lowest BCUT2D eigenvalue weighted by Crippen LogP contribution is -2.66. The lowest BCUT2D eigenvalue weighted by Gasteiger charge is -2.48. The van der Waals surface area contributed by atoms with E-state index in [0.29, 0.717) is 6.54 Å². The summed E-state index contributed by atoms with van der Waals surface area (Å²) in [6, 6.07) is 4.03. The van der Waals surface area contributed by atoms with Crippen LogP contribution in [0.25, 0.3) is 0 Å². The molecular weight excluding hydrogens is 344 g/mol. The van der Waals surface area contributed by atoms with Crippen LogP contribution in [0.2, 0.25) is 0 Å². The van der Waals surface area contributed by atoms with Crippen LogP contribution in [0.4, 0.5) is 5.69 Å². The Bertz CT molecular complexity index is 851. The summed E-state index contributed by atoms with van der Waals surface area (Å²) in [4.78, 5) is 35.0. The molecule has 0 aromatic carbocycles. The normalized spacial score (nSPS) is 23.4. The maximum Gasteiger partial charge on any atom is 0.246 e. The van der Waals surface area contributed by atoms with Crippen molar-refractivity contribution in [1.29, 1.82) is 0 Å². The Kier molecular flexibility index (Phi) is 4.43. The Hall–Kier alpha value is -2.74. The molecule has 27 heavy (non-hydrogen) atoms. The van der Waals surface area contributed by atoms with Crippen molar-refractivity contribution in [2.75, 3.05) is 31.1 Å². The SMILES string of the molecule is CC(=O)N1CC(=O)N(c2cnn(C)c2)C[C@@]12CCN(Cc1ccncc1)C2. The van der Waals surface area contributed by atoms with Crippen LogP contribution < -0.4 is 4.90 Å². The highest BCUT2D eigenvalue weighted by Crippen LogP contribution is 2.35. The second-order valence-electron chi connectivity index (χ2n) is 7.50. The minimum atomic E-state index is -0.359. The van der Waals surface area contributed by atoms with Gasteiger partial charge in [-0.25, -0.2) is 0 Å². The van der Waals surface area contributed by atoms with Gasteiger partial charge in [-0.2, -0.15) is 5.10 Å². The van der Waals surface area contributed by atoms with E-state index in [1.807, 2.05) is 25.4 Å². The van der Waals surface area contributed by atoms with Crippen LogP contribution in [-0.4, -0.2) is 68.1 Å². The van der Waals surface area contributed by atoms with Gasteiger partial charge in [-0.15, -0.1) is 0 Å². The molecule has 1 spiro atoms. The predicted octanol–water partition coefficient (Wildman–Crippen LogP) is 0.655. The Labute approximate surface area is 158 Å². The van der Waals surface area contributed by atoms with E-state index in [1.165, 1.54) is 5.56 Å². The zero-order valence-electron chi connectivity index (χ0n) is 15.7. The highest BCUT2D eigenvalue weighted by Gasteiger charge is 2.50. The van der Waals surface area contributed by atoms with E-state index in [0.717, 1.165) is 31.7 Å². The summed E-state index contributed by atoms with van der Waals surface area (Å²) in [6.07, 6.45) is 8.00. The van der Waals surface area contributed by atoms with E-state index in [9.17, 15) is 9.59 Å². The molecule has 4 rings (SSSR count). The van der Waals surface area contributed by atoms with E-state index in [1.54, 1.807) is 40.0 Å². The smallest absolute Gasteiger partial charge is 0.246 e. The molecule has 2 aromatic heterocycles. The molecule has 0 unspecified atom stereocenters. The highest BCUT2D eigenvalue weighted by atomic mass is 16.2. The molecular formula is C19H24N6O2. The number of piperazine rings is 1. The first kappa shape index (κ1) is 17.7. The van der Waals surface area contributed by atoms with Crippen LogP contribution in [0.15, 0.2) is 36.9 Å². The van der Waals surface area contributed by atoms with E-state index >= 15 is 0 Å². The molecule has 8 heteroatoms. The number of hydrogen-bond donors (Lipinski definition) is 0. The van der Waals surface area contributed by atoms with Crippen molar-refractivity contribution in [3.8, 4) is 0 Å². The number of hydrogen-bond acceptors (Lipinski definition) is 5. The van der Waals surface area contributed by atoms with Crippen LogP contribution in [0.5, 0.6) is 0 Å². The predicted molar refractivity (Wildman–Crippen MR) is 99.8 cm³/mol. The maximum atomic E-state index is 12.7. The zero-order valence-corrected chi connectivity index (χ0v) is 15.7. The monoisotopic (exact) mass is 368 g/mol. The second kappa shape index (κ2) is 6.77. The number of nitrogens with zero attached hydrogens (tertiary/aromatic N) is 6. The molecule has 2 amide bonds. The van der Waals surface area contributed by atoms with Crippen molar-refractivity contribution < 1.29 is 9.59 Å². The Morgan fingerprint density at radius 1 is 1.26 bits per heavy atom. The molecule has 2 aliphatic heterocycles. The molecule has 0 saturated carbocycles. The highest BCUT2D eigenvalue weighted by molar-refractivity contribution is 5.98. The van der Waals surface area contributed by atoms with Gasteiger partial charge in [0.05, 0.1) is 24.0 Å². The van der Waals surface area contributed by atoms with Crippen LogP contribution in [-0.2, 0) is 23.2 Å². The van der Waals surface area contributed by atoms with Crippen LogP contribution in [0.3, 0.4) is 0 Å². The minimum absolute atomic E-state index is 0.0417. The van der Waals surface area contributed by atoms with E-state index in [4.69, 9.17) is 0 Å². The lowest BCUT2D eigenvalue weighted by atomic mass is 9.92. The Morgan fingerprint density at radius 2 is 2.04 bits per heavy atom. The molecule has 0 aliphatic carbocycles. The summed E-state index contributed by atoms with van der Waals surface area (Å²) in [5.74, 6) is -0.101. The zero-order chi connectivity index (χ0) is 19.0. The van der Waals surface area contributed by atoms with Crippen molar-refractivity contribution in [3.63, 3.8) is 0 Å². The minimum Gasteiger partial charge on any atom is -0.325 e. The standard InChI is InChI=1S/C19H24N6O2/c1-15(26)25-12-18(27)24(17-9-21-22(2)11-17)14-19(25)5-8-23(13-19)10-16-3-6-20-7-4-16/h3-4,6-7,9,11H,5,8,10,12-14H2,1-2H3/t19-/m0/s1. The van der Waals surface area contributed by atoms with Crippen molar-refractivity contribution in [1.82, 2.24) is 24.6 Å². The average Bonchev–Trinajstić information content (AvgIpc) is 3.24. The van der Waals surface area contributed by atoms with Crippen molar-refractivity contribution in [3.05, 3.63) is 42.5 Å². The number of amides is 2. The molecule has 4 heterocycles. The van der Waals surface area contributed by atoms with Crippen molar-refractivity contribution in [2.24, 2.45) is 7.05 Å². The molecule has 2 fully saturated rings. The molecule has 0 radical (unpaired) electrons. The van der Waals surface area contributed by atoms with Gasteiger partial charge in [0.2, 0.25) is 11.8 Å². The average molecular weight is 368 g/mol. The van der Waals surface area contributed by atoms with Crippen molar-refractivity contribution >= 4 is 17.5 Å². The summed E-state index contributed by atoms with van der Waals surface area (Å²) < 4.78 is 1.69. The fourth-order valence-corrected chi connectivity index (χ4v) is 4.26. The summed E-state index contributed by atoms with van der Waals surface area (Å²) in [7, 11) is 1.83. The van der Waals surface area contributed by atoms with Crippen LogP contribution in [0.1, 0.15) is 18.9 Å². The van der Waals surface area contributed by atoms with Gasteiger partial charge >= 0.3 is 0 Å². The molecule has 2 saturated heterocycles. The van der Waals surface area contributed by atoms with Gasteiger partial charge in [-0.1, -0.05) is 0 Å². The number of rotatable bonds is 3. The topological polar surface area (TPSA) is 74.6 Å². The van der Waals surface area contributed by atoms with E-state index in [2.05, 4.69) is 15.0 Å². The number of carbonyl (C=O) groups is 2. The first-order chi connectivity index (χ1) is 13.0. The van der Waals surface area contributed by atoms with E-state index in [-0.39, 0.29) is 23.9 Å². The second-order valence-corrected chi connectivity index (χ2v) is 7.50. The fraction of sp³-hybridized carbons (Fsp3) is 0.474. The molecule has 0 N–H and O–H groups in total. The van der Waals surface area contributed by atoms with Gasteiger partial charge in [0.15, 0.2) is 0 Å². The van der Waals surface area contributed by atoms with Gasteiger partial charge < -0.3 is 9.80 Å². The number of anilines is 1. The summed E-state index contributed by atoms with van der Waals surface area (Å²) in [6.45, 7) is 4.63. The molecule has 0 bridgehead atoms.